The lowest BCUT2D eigenvalue weighted by molar-refractivity contribution is 0.284. The van der Waals surface area contributed by atoms with Crippen LogP contribution in [0.3, 0.4) is 0 Å². The van der Waals surface area contributed by atoms with Crippen molar-refractivity contribution in [2.24, 2.45) is 0 Å². The number of nitrogens with zero attached hydrogens (tertiary/aromatic N) is 3. The van der Waals surface area contributed by atoms with Gasteiger partial charge in [0, 0.05) is 20.1 Å². The number of aryl methyl sites for hydroxylation is 1. The van der Waals surface area contributed by atoms with E-state index in [-0.39, 0.29) is 6.61 Å². The number of likely N-dealkylation sites (tertiary alicyclic amines) is 1. The second kappa shape index (κ2) is 5.80. The van der Waals surface area contributed by atoms with Gasteiger partial charge in [-0.2, -0.15) is 0 Å². The monoisotopic (exact) mass is 255 g/mol. The molecule has 0 atom stereocenters. The summed E-state index contributed by atoms with van der Waals surface area (Å²) in [6.45, 7) is 6.67. The molecule has 1 aromatic rings. The molecule has 5 heteroatoms. The number of aromatic nitrogens is 1. The van der Waals surface area contributed by atoms with Crippen LogP contribution in [-0.2, 0) is 6.61 Å². The number of aliphatic hydroxyl groups excluding tert-OH is 1. The second-order valence-electron chi connectivity index (χ2n) is 4.63. The minimum atomic E-state index is 0.101. The van der Waals surface area contributed by atoms with E-state index in [0.29, 0.717) is 0 Å². The van der Waals surface area contributed by atoms with Crippen LogP contribution in [0.4, 0.5) is 5.13 Å². The summed E-state index contributed by atoms with van der Waals surface area (Å²) < 4.78 is 0. The minimum absolute atomic E-state index is 0.101. The van der Waals surface area contributed by atoms with Gasteiger partial charge in [0.15, 0.2) is 5.13 Å². The molecule has 1 saturated heterocycles. The lowest BCUT2D eigenvalue weighted by Crippen LogP contribution is -2.31. The van der Waals surface area contributed by atoms with Gasteiger partial charge in [0.25, 0.3) is 0 Å². The molecule has 2 rings (SSSR count). The second-order valence-corrected chi connectivity index (χ2v) is 5.70. The van der Waals surface area contributed by atoms with Crippen LogP contribution >= 0.6 is 11.3 Å². The molecule has 0 amide bonds. The van der Waals surface area contributed by atoms with Crippen LogP contribution in [0.15, 0.2) is 0 Å². The van der Waals surface area contributed by atoms with Crippen LogP contribution in [0.1, 0.15) is 23.4 Å². The van der Waals surface area contributed by atoms with Crippen molar-refractivity contribution in [3.05, 3.63) is 10.6 Å². The van der Waals surface area contributed by atoms with E-state index in [2.05, 4.69) is 21.8 Å². The first-order chi connectivity index (χ1) is 8.20. The van der Waals surface area contributed by atoms with Crippen molar-refractivity contribution in [2.75, 3.05) is 38.1 Å². The standard InChI is InChI=1S/C12H21N3OS/c1-10-11(9-16)17-12(13-10)14(2)7-8-15-5-3-4-6-15/h16H,3-9H2,1-2H3. The van der Waals surface area contributed by atoms with Crippen molar-refractivity contribution in [3.63, 3.8) is 0 Å². The van der Waals surface area contributed by atoms with Gasteiger partial charge >= 0.3 is 0 Å². The molecule has 96 valence electrons. The molecule has 1 N–H and O–H groups in total. The number of likely N-dealkylation sites (N-methyl/N-ethyl adjacent to an activating group) is 1. The molecule has 17 heavy (non-hydrogen) atoms. The van der Waals surface area contributed by atoms with Gasteiger partial charge < -0.3 is 14.9 Å². The molecule has 0 spiro atoms. The van der Waals surface area contributed by atoms with E-state index >= 15 is 0 Å². The smallest absolute Gasteiger partial charge is 0.185 e. The van der Waals surface area contributed by atoms with Gasteiger partial charge in [-0.05, 0) is 32.9 Å². The first-order valence-corrected chi connectivity index (χ1v) is 7.03. The molecule has 0 aromatic carbocycles. The predicted octanol–water partition coefficient (Wildman–Crippen LogP) is 1.48. The maximum absolute atomic E-state index is 9.16. The highest BCUT2D eigenvalue weighted by atomic mass is 32.1. The fraction of sp³-hybridized carbons (Fsp3) is 0.750. The third kappa shape index (κ3) is 3.18. The summed E-state index contributed by atoms with van der Waals surface area (Å²) in [5, 5.41) is 10.2. The van der Waals surface area contributed by atoms with Crippen molar-refractivity contribution in [1.29, 1.82) is 0 Å². The number of hydrogen-bond donors (Lipinski definition) is 1. The minimum Gasteiger partial charge on any atom is -0.391 e. The molecule has 4 nitrogen and oxygen atoms in total. The highest BCUT2D eigenvalue weighted by molar-refractivity contribution is 7.15. The first kappa shape index (κ1) is 12.8. The van der Waals surface area contributed by atoms with Gasteiger partial charge in [-0.15, -0.1) is 0 Å². The Hall–Kier alpha value is -0.650. The summed E-state index contributed by atoms with van der Waals surface area (Å²) in [7, 11) is 2.08. The van der Waals surface area contributed by atoms with Gasteiger partial charge in [-0.1, -0.05) is 11.3 Å². The van der Waals surface area contributed by atoms with Gasteiger partial charge in [-0.25, -0.2) is 4.98 Å². The summed E-state index contributed by atoms with van der Waals surface area (Å²) >= 11 is 1.60. The Morgan fingerprint density at radius 2 is 2.12 bits per heavy atom. The molecule has 1 aliphatic heterocycles. The van der Waals surface area contributed by atoms with Crippen molar-refractivity contribution in [1.82, 2.24) is 9.88 Å². The summed E-state index contributed by atoms with van der Waals surface area (Å²) in [4.78, 5) is 10.2. The zero-order valence-corrected chi connectivity index (χ0v) is 11.5. The Labute approximate surface area is 107 Å². The topological polar surface area (TPSA) is 39.6 Å². The highest BCUT2D eigenvalue weighted by Crippen LogP contribution is 2.25. The quantitative estimate of drug-likeness (QED) is 0.865. The molecule has 0 aliphatic carbocycles. The van der Waals surface area contributed by atoms with E-state index in [4.69, 9.17) is 5.11 Å². The van der Waals surface area contributed by atoms with E-state index in [9.17, 15) is 0 Å². The van der Waals surface area contributed by atoms with Gasteiger partial charge in [0.2, 0.25) is 0 Å². The van der Waals surface area contributed by atoms with E-state index in [1.807, 2.05) is 6.92 Å². The molecule has 0 radical (unpaired) electrons. The number of thiazole rings is 1. The van der Waals surface area contributed by atoms with E-state index in [1.54, 1.807) is 11.3 Å². The molecular weight excluding hydrogens is 234 g/mol. The average molecular weight is 255 g/mol. The van der Waals surface area contributed by atoms with Crippen LogP contribution in [0.2, 0.25) is 0 Å². The molecule has 0 unspecified atom stereocenters. The summed E-state index contributed by atoms with van der Waals surface area (Å²) in [5.74, 6) is 0. The Balaban J connectivity index is 1.87. The van der Waals surface area contributed by atoms with E-state index in [1.165, 1.54) is 25.9 Å². The molecule has 1 aromatic heterocycles. The molecule has 0 bridgehead atoms. The van der Waals surface area contributed by atoms with Crippen molar-refractivity contribution < 1.29 is 5.11 Å². The molecule has 1 fully saturated rings. The summed E-state index contributed by atoms with van der Waals surface area (Å²) in [6, 6.07) is 0. The number of rotatable bonds is 5. The SMILES string of the molecule is Cc1nc(N(C)CCN2CCCC2)sc1CO. The Morgan fingerprint density at radius 1 is 1.41 bits per heavy atom. The predicted molar refractivity (Wildman–Crippen MR) is 71.7 cm³/mol. The Bertz CT molecular complexity index is 361. The lowest BCUT2D eigenvalue weighted by Gasteiger charge is -2.20. The number of hydrogen-bond acceptors (Lipinski definition) is 5. The number of anilines is 1. The zero-order valence-electron chi connectivity index (χ0n) is 10.6. The van der Waals surface area contributed by atoms with Crippen LogP contribution in [-0.4, -0.2) is 48.2 Å². The van der Waals surface area contributed by atoms with Gasteiger partial charge in [-0.3, -0.25) is 0 Å². The van der Waals surface area contributed by atoms with Crippen LogP contribution in [0, 0.1) is 6.92 Å². The maximum Gasteiger partial charge on any atom is 0.185 e. The summed E-state index contributed by atoms with van der Waals surface area (Å²) in [6.07, 6.45) is 2.68. The third-order valence-corrected chi connectivity index (χ3v) is 4.56. The first-order valence-electron chi connectivity index (χ1n) is 6.21. The third-order valence-electron chi connectivity index (χ3n) is 3.30. The Kier molecular flexibility index (Phi) is 4.36. The average Bonchev–Trinajstić information content (AvgIpc) is 2.94. The Morgan fingerprint density at radius 3 is 2.71 bits per heavy atom. The van der Waals surface area contributed by atoms with Crippen molar-refractivity contribution >= 4 is 16.5 Å². The van der Waals surface area contributed by atoms with Crippen molar-refractivity contribution in [2.45, 2.75) is 26.4 Å². The van der Waals surface area contributed by atoms with Gasteiger partial charge in [0.05, 0.1) is 17.2 Å². The van der Waals surface area contributed by atoms with E-state index in [0.717, 1.165) is 28.8 Å². The summed E-state index contributed by atoms with van der Waals surface area (Å²) in [5.41, 5.74) is 0.959. The zero-order chi connectivity index (χ0) is 12.3. The van der Waals surface area contributed by atoms with Gasteiger partial charge in [0.1, 0.15) is 0 Å². The van der Waals surface area contributed by atoms with Crippen LogP contribution < -0.4 is 4.90 Å². The fourth-order valence-electron chi connectivity index (χ4n) is 2.12. The molecule has 1 aliphatic rings. The largest absolute Gasteiger partial charge is 0.391 e. The maximum atomic E-state index is 9.16. The molecule has 2 heterocycles. The fourth-order valence-corrected chi connectivity index (χ4v) is 3.02. The highest BCUT2D eigenvalue weighted by Gasteiger charge is 2.14. The van der Waals surface area contributed by atoms with Crippen LogP contribution in [0.5, 0.6) is 0 Å². The molecule has 0 saturated carbocycles. The normalized spacial score (nSPS) is 16.6. The van der Waals surface area contributed by atoms with Crippen molar-refractivity contribution in [3.8, 4) is 0 Å². The molecular formula is C12H21N3OS. The lowest BCUT2D eigenvalue weighted by atomic mass is 10.4. The van der Waals surface area contributed by atoms with Crippen LogP contribution in [0.25, 0.3) is 0 Å². The van der Waals surface area contributed by atoms with E-state index < -0.39 is 0 Å². The number of aliphatic hydroxyl groups is 1.